The summed E-state index contributed by atoms with van der Waals surface area (Å²) in [6.07, 6.45) is 2.89. The lowest BCUT2D eigenvalue weighted by molar-refractivity contribution is -0.387. The van der Waals surface area contributed by atoms with Crippen LogP contribution in [-0.4, -0.2) is 36.8 Å². The largest absolute Gasteiger partial charge is 0.328 e. The average Bonchev–Trinajstić information content (AvgIpc) is 2.47. The van der Waals surface area contributed by atoms with Crippen molar-refractivity contribution in [1.82, 2.24) is 4.31 Å². The van der Waals surface area contributed by atoms with Crippen molar-refractivity contribution in [2.24, 2.45) is 5.73 Å². The van der Waals surface area contributed by atoms with Gasteiger partial charge >= 0.3 is 0 Å². The summed E-state index contributed by atoms with van der Waals surface area (Å²) < 4.78 is 26.5. The maximum Gasteiger partial charge on any atom is 0.289 e. The SMILES string of the molecule is CN(C1CCC(N)CC1)S(=O)(=O)c1ccccc1[N+](=O)[O-]. The van der Waals surface area contributed by atoms with Gasteiger partial charge in [-0.15, -0.1) is 0 Å². The smallest absolute Gasteiger partial charge is 0.289 e. The van der Waals surface area contributed by atoms with Crippen LogP contribution in [-0.2, 0) is 10.0 Å². The number of benzene rings is 1. The van der Waals surface area contributed by atoms with Crippen LogP contribution < -0.4 is 5.73 Å². The van der Waals surface area contributed by atoms with Crippen molar-refractivity contribution in [3.8, 4) is 0 Å². The second-order valence-electron chi connectivity index (χ2n) is 5.31. The molecule has 1 aromatic carbocycles. The molecule has 2 N–H and O–H groups in total. The maximum atomic E-state index is 12.6. The van der Waals surface area contributed by atoms with Crippen molar-refractivity contribution in [3.05, 3.63) is 34.4 Å². The Morgan fingerprint density at radius 2 is 1.81 bits per heavy atom. The molecular weight excluding hydrogens is 294 g/mol. The lowest BCUT2D eigenvalue weighted by Crippen LogP contribution is -2.41. The molecule has 0 atom stereocenters. The lowest BCUT2D eigenvalue weighted by Gasteiger charge is -2.32. The molecule has 0 radical (unpaired) electrons. The van der Waals surface area contributed by atoms with E-state index in [0.29, 0.717) is 12.8 Å². The average molecular weight is 313 g/mol. The van der Waals surface area contributed by atoms with E-state index < -0.39 is 20.6 Å². The molecule has 7 nitrogen and oxygen atoms in total. The molecule has 0 spiro atoms. The molecule has 2 rings (SSSR count). The number of rotatable bonds is 4. The van der Waals surface area contributed by atoms with Gasteiger partial charge in [0.25, 0.3) is 5.69 Å². The fraction of sp³-hybridized carbons (Fsp3) is 0.538. The minimum atomic E-state index is -3.88. The van der Waals surface area contributed by atoms with E-state index in [-0.39, 0.29) is 17.0 Å². The van der Waals surface area contributed by atoms with Gasteiger partial charge in [0, 0.05) is 25.2 Å². The van der Waals surface area contributed by atoms with Crippen molar-refractivity contribution in [2.75, 3.05) is 7.05 Å². The minimum Gasteiger partial charge on any atom is -0.328 e. The van der Waals surface area contributed by atoms with Crippen molar-refractivity contribution < 1.29 is 13.3 Å². The number of nitro benzene ring substituents is 1. The van der Waals surface area contributed by atoms with E-state index in [1.807, 2.05) is 0 Å². The van der Waals surface area contributed by atoms with Gasteiger partial charge in [-0.05, 0) is 31.7 Å². The zero-order valence-corrected chi connectivity index (χ0v) is 12.6. The first-order valence-corrected chi connectivity index (χ1v) is 8.25. The normalized spacial score (nSPS) is 23.2. The minimum absolute atomic E-state index is 0.114. The Kier molecular flexibility index (Phi) is 4.60. The third-order valence-corrected chi connectivity index (χ3v) is 5.93. The molecule has 0 aromatic heterocycles. The maximum absolute atomic E-state index is 12.6. The highest BCUT2D eigenvalue weighted by Crippen LogP contribution is 2.30. The van der Waals surface area contributed by atoms with E-state index in [9.17, 15) is 18.5 Å². The zero-order chi connectivity index (χ0) is 15.6. The highest BCUT2D eigenvalue weighted by Gasteiger charge is 2.34. The Labute approximate surface area is 123 Å². The summed E-state index contributed by atoms with van der Waals surface area (Å²) in [5.41, 5.74) is 5.43. The molecule has 0 heterocycles. The summed E-state index contributed by atoms with van der Waals surface area (Å²) in [5, 5.41) is 11.0. The van der Waals surface area contributed by atoms with Crippen molar-refractivity contribution in [2.45, 2.75) is 42.7 Å². The van der Waals surface area contributed by atoms with Crippen LogP contribution in [0.1, 0.15) is 25.7 Å². The molecule has 1 saturated carbocycles. The molecule has 0 unspecified atom stereocenters. The van der Waals surface area contributed by atoms with Gasteiger partial charge in [0.05, 0.1) is 4.92 Å². The fourth-order valence-electron chi connectivity index (χ4n) is 2.64. The van der Waals surface area contributed by atoms with Crippen LogP contribution in [0, 0.1) is 10.1 Å². The number of para-hydroxylation sites is 1. The molecule has 0 aliphatic heterocycles. The molecule has 0 bridgehead atoms. The van der Waals surface area contributed by atoms with Crippen LogP contribution in [0.3, 0.4) is 0 Å². The van der Waals surface area contributed by atoms with Crippen LogP contribution in [0.15, 0.2) is 29.2 Å². The fourth-order valence-corrected chi connectivity index (χ4v) is 4.21. The van der Waals surface area contributed by atoms with E-state index in [4.69, 9.17) is 5.73 Å². The van der Waals surface area contributed by atoms with Crippen molar-refractivity contribution in [1.29, 1.82) is 0 Å². The van der Waals surface area contributed by atoms with Crippen molar-refractivity contribution >= 4 is 15.7 Å². The molecule has 1 aromatic rings. The molecule has 1 fully saturated rings. The topological polar surface area (TPSA) is 107 Å². The Hall–Kier alpha value is -1.51. The van der Waals surface area contributed by atoms with Gasteiger partial charge in [-0.1, -0.05) is 12.1 Å². The van der Waals surface area contributed by atoms with E-state index >= 15 is 0 Å². The van der Waals surface area contributed by atoms with Gasteiger partial charge in [0.1, 0.15) is 0 Å². The van der Waals surface area contributed by atoms with Crippen LogP contribution in [0.5, 0.6) is 0 Å². The highest BCUT2D eigenvalue weighted by atomic mass is 32.2. The third-order valence-electron chi connectivity index (χ3n) is 3.97. The molecule has 1 aliphatic carbocycles. The highest BCUT2D eigenvalue weighted by molar-refractivity contribution is 7.89. The number of hydrogen-bond donors (Lipinski definition) is 1. The first-order valence-electron chi connectivity index (χ1n) is 6.81. The van der Waals surface area contributed by atoms with E-state index in [2.05, 4.69) is 0 Å². The van der Waals surface area contributed by atoms with Gasteiger partial charge in [0.2, 0.25) is 10.0 Å². The Morgan fingerprint density at radius 3 is 2.38 bits per heavy atom. The molecule has 1 aliphatic rings. The zero-order valence-electron chi connectivity index (χ0n) is 11.8. The number of hydrogen-bond acceptors (Lipinski definition) is 5. The van der Waals surface area contributed by atoms with Crippen molar-refractivity contribution in [3.63, 3.8) is 0 Å². The van der Waals surface area contributed by atoms with Gasteiger partial charge in [-0.3, -0.25) is 10.1 Å². The Morgan fingerprint density at radius 1 is 1.24 bits per heavy atom. The number of nitrogens with zero attached hydrogens (tertiary/aromatic N) is 2. The van der Waals surface area contributed by atoms with E-state index in [1.54, 1.807) is 0 Å². The summed E-state index contributed by atoms with van der Waals surface area (Å²) >= 11 is 0. The second-order valence-corrected chi connectivity index (χ2v) is 7.28. The summed E-state index contributed by atoms with van der Waals surface area (Å²) in [6, 6.07) is 5.38. The first kappa shape index (κ1) is 15.9. The Balaban J connectivity index is 2.32. The number of nitro groups is 1. The predicted octanol–water partition coefficient (Wildman–Crippen LogP) is 1.49. The van der Waals surface area contributed by atoms with Gasteiger partial charge < -0.3 is 5.73 Å². The molecule has 116 valence electrons. The summed E-state index contributed by atoms with van der Waals surface area (Å²) in [4.78, 5) is 10.1. The Bertz CT molecular complexity index is 624. The first-order chi connectivity index (χ1) is 9.84. The summed E-state index contributed by atoms with van der Waals surface area (Å²) in [7, 11) is -2.40. The lowest BCUT2D eigenvalue weighted by atomic mass is 9.92. The second kappa shape index (κ2) is 6.08. The summed E-state index contributed by atoms with van der Waals surface area (Å²) in [6.45, 7) is 0. The number of nitrogens with two attached hydrogens (primary N) is 1. The van der Waals surface area contributed by atoms with Crippen LogP contribution in [0.4, 0.5) is 5.69 Å². The van der Waals surface area contributed by atoms with E-state index in [0.717, 1.165) is 12.8 Å². The summed E-state index contributed by atoms with van der Waals surface area (Å²) in [5.74, 6) is 0. The number of sulfonamides is 1. The molecule has 0 amide bonds. The van der Waals surface area contributed by atoms with E-state index in [1.165, 1.54) is 35.6 Å². The molecule has 8 heteroatoms. The van der Waals surface area contributed by atoms with Gasteiger partial charge in [0.15, 0.2) is 4.90 Å². The quantitative estimate of drug-likeness (QED) is 0.669. The third kappa shape index (κ3) is 3.22. The van der Waals surface area contributed by atoms with Gasteiger partial charge in [-0.25, -0.2) is 8.42 Å². The molecule has 0 saturated heterocycles. The monoisotopic (exact) mass is 313 g/mol. The van der Waals surface area contributed by atoms with Crippen LogP contribution >= 0.6 is 0 Å². The standard InChI is InChI=1S/C13H19N3O4S/c1-15(11-8-6-10(14)7-9-11)21(19,20)13-5-3-2-4-12(13)16(17)18/h2-5,10-11H,6-9,14H2,1H3. The molecular formula is C13H19N3O4S. The molecule has 21 heavy (non-hydrogen) atoms. The predicted molar refractivity (Wildman–Crippen MR) is 78.3 cm³/mol. The van der Waals surface area contributed by atoms with Crippen LogP contribution in [0.25, 0.3) is 0 Å². The van der Waals surface area contributed by atoms with Gasteiger partial charge in [-0.2, -0.15) is 4.31 Å². The van der Waals surface area contributed by atoms with Crippen LogP contribution in [0.2, 0.25) is 0 Å².